The summed E-state index contributed by atoms with van der Waals surface area (Å²) >= 11 is 0. The molecule has 138 valence electrons. The van der Waals surface area contributed by atoms with E-state index in [1.165, 1.54) is 0 Å². The lowest BCUT2D eigenvalue weighted by molar-refractivity contribution is 0.0940. The summed E-state index contributed by atoms with van der Waals surface area (Å²) in [4.78, 5) is 31.9. The van der Waals surface area contributed by atoms with Gasteiger partial charge in [0.25, 0.3) is 11.5 Å². The molecule has 0 unspecified atom stereocenters. The van der Waals surface area contributed by atoms with Gasteiger partial charge in [-0.15, -0.1) is 0 Å². The number of nitrogens with zero attached hydrogens (tertiary/aromatic N) is 1. The molecule has 0 radical (unpaired) electrons. The van der Waals surface area contributed by atoms with Gasteiger partial charge >= 0.3 is 0 Å². The van der Waals surface area contributed by atoms with Crippen molar-refractivity contribution in [1.29, 1.82) is 0 Å². The summed E-state index contributed by atoms with van der Waals surface area (Å²) in [6.07, 6.45) is 3.34. The predicted molar refractivity (Wildman–Crippen MR) is 103 cm³/mol. The number of benzene rings is 1. The molecule has 2 heterocycles. The van der Waals surface area contributed by atoms with Gasteiger partial charge < -0.3 is 15.0 Å². The van der Waals surface area contributed by atoms with Crippen LogP contribution in [-0.2, 0) is 0 Å². The van der Waals surface area contributed by atoms with Crippen LogP contribution in [0.2, 0.25) is 0 Å². The highest BCUT2D eigenvalue weighted by Crippen LogP contribution is 2.24. The largest absolute Gasteiger partial charge is 0.497 e. The van der Waals surface area contributed by atoms with Crippen molar-refractivity contribution < 1.29 is 9.53 Å². The summed E-state index contributed by atoms with van der Waals surface area (Å²) in [5.41, 5.74) is 2.81. The van der Waals surface area contributed by atoms with Crippen LogP contribution < -0.4 is 15.6 Å². The molecule has 2 N–H and O–H groups in total. The van der Waals surface area contributed by atoms with Gasteiger partial charge in [-0.2, -0.15) is 0 Å². The number of aromatic amines is 1. The minimum atomic E-state index is -0.425. The van der Waals surface area contributed by atoms with Crippen LogP contribution in [-0.4, -0.2) is 23.0 Å². The molecule has 27 heavy (non-hydrogen) atoms. The van der Waals surface area contributed by atoms with Gasteiger partial charge in [0.1, 0.15) is 11.3 Å². The van der Waals surface area contributed by atoms with Crippen molar-refractivity contribution in [1.82, 2.24) is 15.3 Å². The molecule has 0 saturated heterocycles. The van der Waals surface area contributed by atoms with E-state index in [2.05, 4.69) is 15.3 Å². The quantitative estimate of drug-likeness (QED) is 0.730. The molecule has 1 amide bonds. The molecule has 0 aliphatic heterocycles. The normalized spacial score (nSPS) is 11.7. The Balaban J connectivity index is 1.99. The van der Waals surface area contributed by atoms with Gasteiger partial charge in [-0.05, 0) is 60.9 Å². The van der Waals surface area contributed by atoms with E-state index in [1.807, 2.05) is 36.4 Å². The topological polar surface area (TPSA) is 84.1 Å². The van der Waals surface area contributed by atoms with Crippen molar-refractivity contribution in [3.8, 4) is 5.75 Å². The molecule has 0 bridgehead atoms. The van der Waals surface area contributed by atoms with E-state index in [0.717, 1.165) is 22.6 Å². The molecular weight excluding hydrogens is 342 g/mol. The molecule has 0 aliphatic rings. The number of hydrogen-bond acceptors (Lipinski definition) is 4. The second-order valence-electron chi connectivity index (χ2n) is 6.30. The predicted octanol–water partition coefficient (Wildman–Crippen LogP) is 2.91. The number of carbonyl (C=O) groups excluding carboxylic acids is 1. The Bertz CT molecular complexity index is 995. The average molecular weight is 363 g/mol. The fourth-order valence-electron chi connectivity index (χ4n) is 3.05. The van der Waals surface area contributed by atoms with Gasteiger partial charge in [-0.1, -0.05) is 12.1 Å². The maximum Gasteiger partial charge on any atom is 0.261 e. The zero-order valence-electron chi connectivity index (χ0n) is 15.4. The number of nitrogens with one attached hydrogen (secondary N) is 2. The number of rotatable bonds is 5. The molecule has 0 saturated carbocycles. The number of aromatic nitrogens is 2. The standard InChI is InChI=1S/C21H21N3O3/c1-13-12-14(2)23-20(25)18(13)21(26)24-19(16-8-10-22-11-9-16)15-4-6-17(27-3)7-5-15/h4-12,19H,1-3H3,(H,23,25)(H,24,26)/t19-/m0/s1. The first-order valence-electron chi connectivity index (χ1n) is 8.55. The Hall–Kier alpha value is -3.41. The fourth-order valence-corrected chi connectivity index (χ4v) is 3.05. The fraction of sp³-hybridized carbons (Fsp3) is 0.190. The van der Waals surface area contributed by atoms with E-state index >= 15 is 0 Å². The van der Waals surface area contributed by atoms with E-state index in [0.29, 0.717) is 5.56 Å². The van der Waals surface area contributed by atoms with Gasteiger partial charge in [-0.25, -0.2) is 0 Å². The minimum absolute atomic E-state index is 0.119. The lowest BCUT2D eigenvalue weighted by Gasteiger charge is -2.20. The Morgan fingerprint density at radius 1 is 1.07 bits per heavy atom. The Morgan fingerprint density at radius 3 is 2.30 bits per heavy atom. The van der Waals surface area contributed by atoms with Crippen molar-refractivity contribution in [3.05, 3.63) is 93.2 Å². The number of H-pyrrole nitrogens is 1. The van der Waals surface area contributed by atoms with Gasteiger partial charge in [0, 0.05) is 18.1 Å². The Morgan fingerprint density at radius 2 is 1.70 bits per heavy atom. The van der Waals surface area contributed by atoms with Crippen LogP contribution in [0, 0.1) is 13.8 Å². The van der Waals surface area contributed by atoms with Crippen LogP contribution in [0.1, 0.15) is 38.8 Å². The first-order valence-corrected chi connectivity index (χ1v) is 8.55. The number of pyridine rings is 2. The summed E-state index contributed by atoms with van der Waals surface area (Å²) in [6, 6.07) is 12.5. The summed E-state index contributed by atoms with van der Waals surface area (Å²) < 4.78 is 5.20. The van der Waals surface area contributed by atoms with Crippen LogP contribution in [0.25, 0.3) is 0 Å². The summed E-state index contributed by atoms with van der Waals surface area (Å²) in [6.45, 7) is 3.54. The first-order chi connectivity index (χ1) is 13.0. The highest BCUT2D eigenvalue weighted by Gasteiger charge is 2.21. The van der Waals surface area contributed by atoms with Crippen LogP contribution in [0.15, 0.2) is 59.7 Å². The van der Waals surface area contributed by atoms with E-state index < -0.39 is 17.5 Å². The molecule has 3 aromatic rings. The monoisotopic (exact) mass is 363 g/mol. The van der Waals surface area contributed by atoms with Gasteiger partial charge in [0.15, 0.2) is 0 Å². The molecule has 3 rings (SSSR count). The molecule has 1 atom stereocenters. The molecule has 0 aliphatic carbocycles. The van der Waals surface area contributed by atoms with Crippen LogP contribution in [0.5, 0.6) is 5.75 Å². The molecule has 6 nitrogen and oxygen atoms in total. The summed E-state index contributed by atoms with van der Waals surface area (Å²) in [5, 5.41) is 2.98. The SMILES string of the molecule is COc1ccc([C@H](NC(=O)c2c(C)cc(C)[nH]c2=O)c2ccncc2)cc1. The average Bonchev–Trinajstić information content (AvgIpc) is 2.66. The summed E-state index contributed by atoms with van der Waals surface area (Å²) in [7, 11) is 1.60. The van der Waals surface area contributed by atoms with Crippen molar-refractivity contribution in [2.45, 2.75) is 19.9 Å². The molecule has 1 aromatic carbocycles. The van der Waals surface area contributed by atoms with E-state index in [4.69, 9.17) is 4.74 Å². The maximum absolute atomic E-state index is 12.9. The van der Waals surface area contributed by atoms with Gasteiger partial charge in [0.2, 0.25) is 0 Å². The third-order valence-corrected chi connectivity index (χ3v) is 4.36. The highest BCUT2D eigenvalue weighted by molar-refractivity contribution is 5.95. The summed E-state index contributed by atoms with van der Waals surface area (Å²) in [5.74, 6) is 0.302. The number of aryl methyl sites for hydroxylation is 2. The third-order valence-electron chi connectivity index (χ3n) is 4.36. The lowest BCUT2D eigenvalue weighted by Crippen LogP contribution is -2.34. The van der Waals surface area contributed by atoms with Crippen molar-refractivity contribution in [2.24, 2.45) is 0 Å². The highest BCUT2D eigenvalue weighted by atomic mass is 16.5. The maximum atomic E-state index is 12.9. The number of methoxy groups -OCH3 is 1. The number of carbonyl (C=O) groups is 1. The molecule has 0 spiro atoms. The number of hydrogen-bond donors (Lipinski definition) is 2. The van der Waals surface area contributed by atoms with Gasteiger partial charge in [-0.3, -0.25) is 14.6 Å². The second-order valence-corrected chi connectivity index (χ2v) is 6.30. The third kappa shape index (κ3) is 4.06. The van der Waals surface area contributed by atoms with Crippen LogP contribution in [0.4, 0.5) is 0 Å². The smallest absolute Gasteiger partial charge is 0.261 e. The van der Waals surface area contributed by atoms with Crippen molar-refractivity contribution in [2.75, 3.05) is 7.11 Å². The second kappa shape index (κ2) is 7.86. The van der Waals surface area contributed by atoms with E-state index in [1.54, 1.807) is 39.4 Å². The van der Waals surface area contributed by atoms with Crippen molar-refractivity contribution in [3.63, 3.8) is 0 Å². The zero-order chi connectivity index (χ0) is 19.4. The molecule has 6 heteroatoms. The number of ether oxygens (including phenoxy) is 1. The van der Waals surface area contributed by atoms with E-state index in [9.17, 15) is 9.59 Å². The first kappa shape index (κ1) is 18.4. The van der Waals surface area contributed by atoms with E-state index in [-0.39, 0.29) is 5.56 Å². The Labute approximate surface area is 157 Å². The minimum Gasteiger partial charge on any atom is -0.497 e. The molecule has 2 aromatic heterocycles. The van der Waals surface area contributed by atoms with Crippen molar-refractivity contribution >= 4 is 5.91 Å². The van der Waals surface area contributed by atoms with Gasteiger partial charge in [0.05, 0.1) is 13.2 Å². The Kier molecular flexibility index (Phi) is 5.35. The lowest BCUT2D eigenvalue weighted by atomic mass is 9.98. The van der Waals surface area contributed by atoms with Crippen LogP contribution >= 0.6 is 0 Å². The molecular formula is C21H21N3O3. The number of amides is 1. The van der Waals surface area contributed by atoms with Crippen LogP contribution in [0.3, 0.4) is 0 Å². The molecule has 0 fully saturated rings. The zero-order valence-corrected chi connectivity index (χ0v) is 15.4.